The van der Waals surface area contributed by atoms with Crippen LogP contribution in [0, 0.1) is 6.92 Å². The first-order valence-electron chi connectivity index (χ1n) is 8.21. The molecular weight excluding hydrogens is 359 g/mol. The Hall–Kier alpha value is -1.91. The lowest BCUT2D eigenvalue weighted by molar-refractivity contribution is -0.133. The van der Waals surface area contributed by atoms with Crippen molar-refractivity contribution in [2.45, 2.75) is 6.92 Å². The summed E-state index contributed by atoms with van der Waals surface area (Å²) in [7, 11) is 0. The molecule has 4 nitrogen and oxygen atoms in total. The summed E-state index contributed by atoms with van der Waals surface area (Å²) in [4.78, 5) is 16.4. The standard InChI is InChI=1S/C19H20Cl2N2O2/c1-14-12-15(20)6-7-18(14)25-13-19(24)23-10-8-22(9-11-23)17-5-3-2-4-16(17)21/h2-7,12H,8-11,13H2,1H3. The molecule has 0 saturated carbocycles. The van der Waals surface area contributed by atoms with Crippen molar-refractivity contribution in [3.8, 4) is 5.75 Å². The van der Waals surface area contributed by atoms with E-state index in [4.69, 9.17) is 27.9 Å². The van der Waals surface area contributed by atoms with Gasteiger partial charge in [0.05, 0.1) is 10.7 Å². The van der Waals surface area contributed by atoms with Crippen molar-refractivity contribution in [1.82, 2.24) is 4.90 Å². The minimum atomic E-state index is -0.00633. The lowest BCUT2D eigenvalue weighted by Crippen LogP contribution is -2.50. The number of carbonyl (C=O) groups excluding carboxylic acids is 1. The minimum Gasteiger partial charge on any atom is -0.483 e. The van der Waals surface area contributed by atoms with Gasteiger partial charge < -0.3 is 14.5 Å². The average molecular weight is 379 g/mol. The third-order valence-corrected chi connectivity index (χ3v) is 4.87. The lowest BCUT2D eigenvalue weighted by Gasteiger charge is -2.36. The number of hydrogen-bond acceptors (Lipinski definition) is 3. The van der Waals surface area contributed by atoms with Crippen LogP contribution in [-0.4, -0.2) is 43.6 Å². The van der Waals surface area contributed by atoms with E-state index >= 15 is 0 Å². The molecule has 3 rings (SSSR count). The molecule has 0 unspecified atom stereocenters. The monoisotopic (exact) mass is 378 g/mol. The van der Waals surface area contributed by atoms with Gasteiger partial charge in [-0.1, -0.05) is 35.3 Å². The van der Waals surface area contributed by atoms with E-state index in [1.807, 2.05) is 42.2 Å². The highest BCUT2D eigenvalue weighted by Gasteiger charge is 2.22. The molecule has 1 amide bonds. The van der Waals surface area contributed by atoms with Crippen molar-refractivity contribution in [2.24, 2.45) is 0 Å². The van der Waals surface area contributed by atoms with Gasteiger partial charge in [-0.25, -0.2) is 0 Å². The highest BCUT2D eigenvalue weighted by molar-refractivity contribution is 6.33. The summed E-state index contributed by atoms with van der Waals surface area (Å²) in [6.45, 7) is 4.79. The fourth-order valence-corrected chi connectivity index (χ4v) is 3.39. The SMILES string of the molecule is Cc1cc(Cl)ccc1OCC(=O)N1CCN(c2ccccc2Cl)CC1. The number of carbonyl (C=O) groups is 1. The molecule has 0 atom stereocenters. The number of para-hydroxylation sites is 1. The van der Waals surface area contributed by atoms with Gasteiger partial charge in [-0.05, 0) is 42.8 Å². The van der Waals surface area contributed by atoms with Gasteiger partial charge in [-0.15, -0.1) is 0 Å². The maximum atomic E-state index is 12.4. The maximum absolute atomic E-state index is 12.4. The summed E-state index contributed by atoms with van der Waals surface area (Å²) < 4.78 is 5.65. The van der Waals surface area contributed by atoms with Crippen molar-refractivity contribution in [1.29, 1.82) is 0 Å². The number of anilines is 1. The molecular formula is C19H20Cl2N2O2. The number of rotatable bonds is 4. The van der Waals surface area contributed by atoms with Crippen LogP contribution in [0.15, 0.2) is 42.5 Å². The van der Waals surface area contributed by atoms with E-state index in [-0.39, 0.29) is 12.5 Å². The molecule has 25 heavy (non-hydrogen) atoms. The summed E-state index contributed by atoms with van der Waals surface area (Å²) in [6.07, 6.45) is 0. The second-order valence-electron chi connectivity index (χ2n) is 6.02. The predicted octanol–water partition coefficient (Wildman–Crippen LogP) is 4.03. The van der Waals surface area contributed by atoms with E-state index in [9.17, 15) is 4.79 Å². The molecule has 0 aromatic heterocycles. The van der Waals surface area contributed by atoms with E-state index in [0.717, 1.165) is 29.4 Å². The van der Waals surface area contributed by atoms with Crippen LogP contribution >= 0.6 is 23.2 Å². The number of nitrogens with zero attached hydrogens (tertiary/aromatic N) is 2. The van der Waals surface area contributed by atoms with Crippen LogP contribution in [0.2, 0.25) is 10.0 Å². The van der Waals surface area contributed by atoms with E-state index in [2.05, 4.69) is 4.90 Å². The molecule has 0 radical (unpaired) electrons. The first-order valence-corrected chi connectivity index (χ1v) is 8.96. The molecule has 1 heterocycles. The van der Waals surface area contributed by atoms with Crippen molar-refractivity contribution in [3.63, 3.8) is 0 Å². The first-order chi connectivity index (χ1) is 12.0. The van der Waals surface area contributed by atoms with Crippen LogP contribution in [0.4, 0.5) is 5.69 Å². The molecule has 2 aromatic carbocycles. The van der Waals surface area contributed by atoms with Crippen LogP contribution in [0.1, 0.15) is 5.56 Å². The number of aryl methyl sites for hydroxylation is 1. The number of piperazine rings is 1. The highest BCUT2D eigenvalue weighted by atomic mass is 35.5. The second kappa shape index (κ2) is 7.98. The van der Waals surface area contributed by atoms with E-state index < -0.39 is 0 Å². The molecule has 1 saturated heterocycles. The zero-order valence-electron chi connectivity index (χ0n) is 14.0. The smallest absolute Gasteiger partial charge is 0.260 e. The van der Waals surface area contributed by atoms with Crippen molar-refractivity contribution >= 4 is 34.8 Å². The Bertz CT molecular complexity index is 759. The van der Waals surface area contributed by atoms with Crippen LogP contribution < -0.4 is 9.64 Å². The highest BCUT2D eigenvalue weighted by Crippen LogP contribution is 2.26. The number of halogens is 2. The number of benzene rings is 2. The zero-order chi connectivity index (χ0) is 17.8. The predicted molar refractivity (Wildman–Crippen MR) is 102 cm³/mol. The van der Waals surface area contributed by atoms with Crippen LogP contribution in [0.25, 0.3) is 0 Å². The molecule has 0 N–H and O–H groups in total. The van der Waals surface area contributed by atoms with Crippen molar-refractivity contribution in [3.05, 3.63) is 58.1 Å². The lowest BCUT2D eigenvalue weighted by atomic mass is 10.2. The number of amides is 1. The Balaban J connectivity index is 1.52. The molecule has 6 heteroatoms. The summed E-state index contributed by atoms with van der Waals surface area (Å²) in [5.74, 6) is 0.681. The van der Waals surface area contributed by atoms with Crippen molar-refractivity contribution < 1.29 is 9.53 Å². The Morgan fingerprint density at radius 1 is 1.08 bits per heavy atom. The van der Waals surface area contributed by atoms with E-state index in [1.165, 1.54) is 0 Å². The van der Waals surface area contributed by atoms with Gasteiger partial charge in [0.1, 0.15) is 5.75 Å². The van der Waals surface area contributed by atoms with Gasteiger partial charge in [0.15, 0.2) is 6.61 Å². The minimum absolute atomic E-state index is 0.00633. The third kappa shape index (κ3) is 4.39. The summed E-state index contributed by atoms with van der Waals surface area (Å²) in [6, 6.07) is 13.2. The Kier molecular flexibility index (Phi) is 5.71. The molecule has 0 aliphatic carbocycles. The largest absolute Gasteiger partial charge is 0.483 e. The fraction of sp³-hybridized carbons (Fsp3) is 0.316. The Labute approximate surface area is 157 Å². The summed E-state index contributed by atoms with van der Waals surface area (Å²) in [5.41, 5.74) is 1.94. The fourth-order valence-electron chi connectivity index (χ4n) is 2.91. The topological polar surface area (TPSA) is 32.8 Å². The summed E-state index contributed by atoms with van der Waals surface area (Å²) in [5, 5.41) is 1.40. The molecule has 1 aliphatic rings. The van der Waals surface area contributed by atoms with Gasteiger partial charge in [-0.3, -0.25) is 4.79 Å². The number of hydrogen-bond donors (Lipinski definition) is 0. The quantitative estimate of drug-likeness (QED) is 0.804. The summed E-state index contributed by atoms with van der Waals surface area (Å²) >= 11 is 12.2. The van der Waals surface area contributed by atoms with E-state index in [0.29, 0.717) is 23.9 Å². The average Bonchev–Trinajstić information content (AvgIpc) is 2.61. The van der Waals surface area contributed by atoms with Crippen LogP contribution in [0.5, 0.6) is 5.75 Å². The van der Waals surface area contributed by atoms with Gasteiger partial charge in [0.25, 0.3) is 5.91 Å². The molecule has 0 bridgehead atoms. The molecule has 132 valence electrons. The van der Waals surface area contributed by atoms with Crippen molar-refractivity contribution in [2.75, 3.05) is 37.7 Å². The van der Waals surface area contributed by atoms with Gasteiger partial charge >= 0.3 is 0 Å². The first kappa shape index (κ1) is 17.9. The van der Waals surface area contributed by atoms with Gasteiger partial charge in [-0.2, -0.15) is 0 Å². The Morgan fingerprint density at radius 2 is 1.80 bits per heavy atom. The van der Waals surface area contributed by atoms with E-state index in [1.54, 1.807) is 12.1 Å². The normalized spacial score (nSPS) is 14.5. The molecule has 1 aliphatic heterocycles. The molecule has 2 aromatic rings. The zero-order valence-corrected chi connectivity index (χ0v) is 15.6. The Morgan fingerprint density at radius 3 is 2.48 bits per heavy atom. The van der Waals surface area contributed by atoms with Crippen LogP contribution in [0.3, 0.4) is 0 Å². The maximum Gasteiger partial charge on any atom is 0.260 e. The second-order valence-corrected chi connectivity index (χ2v) is 6.86. The number of ether oxygens (including phenoxy) is 1. The van der Waals surface area contributed by atoms with Gasteiger partial charge in [0.2, 0.25) is 0 Å². The third-order valence-electron chi connectivity index (χ3n) is 4.31. The molecule has 0 spiro atoms. The van der Waals surface area contributed by atoms with Gasteiger partial charge in [0, 0.05) is 31.2 Å². The van der Waals surface area contributed by atoms with Crippen LogP contribution in [-0.2, 0) is 4.79 Å². The molecule has 1 fully saturated rings.